The highest BCUT2D eigenvalue weighted by Gasteiger charge is 2.21. The smallest absolute Gasteiger partial charge is 0.338 e. The maximum atomic E-state index is 13.6. The van der Waals surface area contributed by atoms with E-state index in [2.05, 4.69) is 0 Å². The van der Waals surface area contributed by atoms with Gasteiger partial charge >= 0.3 is 5.97 Å². The number of carbonyl (C=O) groups excluding carboxylic acids is 1. The highest BCUT2D eigenvalue weighted by Crippen LogP contribution is 2.22. The van der Waals surface area contributed by atoms with Crippen LogP contribution in [-0.4, -0.2) is 21.4 Å². The lowest BCUT2D eigenvalue weighted by Gasteiger charge is -2.19. The topological polar surface area (TPSA) is 63.7 Å². The predicted molar refractivity (Wildman–Crippen MR) is 104 cm³/mol. The van der Waals surface area contributed by atoms with Crippen molar-refractivity contribution in [3.8, 4) is 0 Å². The number of hydrogen-bond donors (Lipinski definition) is 0. The van der Waals surface area contributed by atoms with Crippen LogP contribution in [0.25, 0.3) is 0 Å². The standard InChI is InChI=1S/C21H18FNO4S/c1-23(18-8-3-2-4-9-18)28(25,26)19-13-11-16(12-14-19)21(24)27-15-17-7-5-6-10-20(17)22/h2-14H,15H2,1H3. The van der Waals surface area contributed by atoms with Gasteiger partial charge in [-0.15, -0.1) is 0 Å². The average molecular weight is 399 g/mol. The van der Waals surface area contributed by atoms with Gasteiger partial charge in [0.15, 0.2) is 0 Å². The van der Waals surface area contributed by atoms with E-state index in [0.29, 0.717) is 5.69 Å². The van der Waals surface area contributed by atoms with Gasteiger partial charge in [-0.2, -0.15) is 0 Å². The summed E-state index contributed by atoms with van der Waals surface area (Å²) in [7, 11) is -2.30. The third-order valence-electron chi connectivity index (χ3n) is 4.18. The van der Waals surface area contributed by atoms with Gasteiger partial charge in [-0.1, -0.05) is 36.4 Å². The molecule has 0 heterocycles. The molecule has 0 atom stereocenters. The number of para-hydroxylation sites is 1. The molecule has 7 heteroatoms. The number of carbonyl (C=O) groups is 1. The van der Waals surface area contributed by atoms with E-state index in [9.17, 15) is 17.6 Å². The zero-order valence-electron chi connectivity index (χ0n) is 15.1. The molecule has 3 rings (SSSR count). The van der Waals surface area contributed by atoms with Crippen LogP contribution in [0.4, 0.5) is 10.1 Å². The van der Waals surface area contributed by atoms with E-state index >= 15 is 0 Å². The van der Waals surface area contributed by atoms with Crippen molar-refractivity contribution in [2.75, 3.05) is 11.4 Å². The van der Waals surface area contributed by atoms with E-state index in [1.165, 1.54) is 47.8 Å². The number of sulfonamides is 1. The van der Waals surface area contributed by atoms with Gasteiger partial charge in [0.05, 0.1) is 16.1 Å². The van der Waals surface area contributed by atoms with Crippen molar-refractivity contribution in [2.45, 2.75) is 11.5 Å². The van der Waals surface area contributed by atoms with Crippen LogP contribution >= 0.6 is 0 Å². The molecule has 0 saturated heterocycles. The van der Waals surface area contributed by atoms with Crippen LogP contribution in [-0.2, 0) is 21.4 Å². The number of ether oxygens (including phenoxy) is 1. The molecule has 0 fully saturated rings. The fourth-order valence-corrected chi connectivity index (χ4v) is 3.74. The Labute approximate surface area is 163 Å². The van der Waals surface area contributed by atoms with Crippen LogP contribution in [0.15, 0.2) is 83.8 Å². The Balaban J connectivity index is 1.72. The van der Waals surface area contributed by atoms with Crippen molar-refractivity contribution in [3.63, 3.8) is 0 Å². The monoisotopic (exact) mass is 399 g/mol. The summed E-state index contributed by atoms with van der Waals surface area (Å²) in [5.41, 5.74) is 0.966. The number of esters is 1. The largest absolute Gasteiger partial charge is 0.457 e. The van der Waals surface area contributed by atoms with Crippen LogP contribution in [0.5, 0.6) is 0 Å². The maximum Gasteiger partial charge on any atom is 0.338 e. The van der Waals surface area contributed by atoms with Crippen LogP contribution in [0.3, 0.4) is 0 Å². The Morgan fingerprint density at radius 1 is 0.929 bits per heavy atom. The number of hydrogen-bond acceptors (Lipinski definition) is 4. The zero-order chi connectivity index (χ0) is 20.1. The lowest BCUT2D eigenvalue weighted by molar-refractivity contribution is 0.0469. The van der Waals surface area contributed by atoms with Gasteiger partial charge in [-0.3, -0.25) is 4.31 Å². The van der Waals surface area contributed by atoms with Crippen molar-refractivity contribution < 1.29 is 22.3 Å². The Morgan fingerprint density at radius 2 is 1.54 bits per heavy atom. The van der Waals surface area contributed by atoms with E-state index in [0.717, 1.165) is 0 Å². The quantitative estimate of drug-likeness (QED) is 0.588. The highest BCUT2D eigenvalue weighted by molar-refractivity contribution is 7.92. The molecule has 144 valence electrons. The molecule has 0 aromatic heterocycles. The van der Waals surface area contributed by atoms with Gasteiger partial charge in [-0.05, 0) is 42.5 Å². The molecule has 0 N–H and O–H groups in total. The Bertz CT molecular complexity index is 1070. The summed E-state index contributed by atoms with van der Waals surface area (Å²) in [4.78, 5) is 12.2. The van der Waals surface area contributed by atoms with Crippen molar-refractivity contribution in [1.82, 2.24) is 0 Å². The van der Waals surface area contributed by atoms with E-state index < -0.39 is 21.8 Å². The van der Waals surface area contributed by atoms with Crippen molar-refractivity contribution >= 4 is 21.7 Å². The van der Waals surface area contributed by atoms with E-state index in [-0.39, 0.29) is 22.6 Å². The van der Waals surface area contributed by atoms with Gasteiger partial charge in [-0.25, -0.2) is 17.6 Å². The Morgan fingerprint density at radius 3 is 2.18 bits per heavy atom. The third kappa shape index (κ3) is 4.20. The lowest BCUT2D eigenvalue weighted by Crippen LogP contribution is -2.26. The van der Waals surface area contributed by atoms with Crippen LogP contribution in [0, 0.1) is 5.82 Å². The average Bonchev–Trinajstić information content (AvgIpc) is 2.73. The normalized spacial score (nSPS) is 11.1. The molecule has 3 aromatic carbocycles. The minimum atomic E-state index is -3.76. The maximum absolute atomic E-state index is 13.6. The summed E-state index contributed by atoms with van der Waals surface area (Å²) in [5, 5.41) is 0. The molecule has 0 saturated carbocycles. The molecule has 0 aliphatic carbocycles. The van der Waals surface area contributed by atoms with Gasteiger partial charge < -0.3 is 4.74 Å². The molecule has 5 nitrogen and oxygen atoms in total. The Kier molecular flexibility index (Phi) is 5.75. The summed E-state index contributed by atoms with van der Waals surface area (Å²) in [6.45, 7) is -0.206. The molecule has 0 unspecified atom stereocenters. The van der Waals surface area contributed by atoms with E-state index in [4.69, 9.17) is 4.74 Å². The number of anilines is 1. The number of nitrogens with zero attached hydrogens (tertiary/aromatic N) is 1. The predicted octanol–water partition coefficient (Wildman–Crippen LogP) is 4.01. The number of rotatable bonds is 6. The molecule has 0 bridgehead atoms. The second-order valence-corrected chi connectivity index (χ2v) is 7.97. The second kappa shape index (κ2) is 8.22. The lowest BCUT2D eigenvalue weighted by atomic mass is 10.2. The third-order valence-corrected chi connectivity index (χ3v) is 5.98. The van der Waals surface area contributed by atoms with Gasteiger partial charge in [0.1, 0.15) is 12.4 Å². The summed E-state index contributed by atoms with van der Waals surface area (Å²) < 4.78 is 45.3. The molecule has 28 heavy (non-hydrogen) atoms. The van der Waals surface area contributed by atoms with E-state index in [1.54, 1.807) is 42.5 Å². The zero-order valence-corrected chi connectivity index (χ0v) is 15.9. The molecule has 0 spiro atoms. The van der Waals surface area contributed by atoms with Crippen LogP contribution in [0.2, 0.25) is 0 Å². The fraction of sp³-hybridized carbons (Fsp3) is 0.0952. The summed E-state index contributed by atoms with van der Waals surface area (Å²) in [5.74, 6) is -1.12. The summed E-state index contributed by atoms with van der Waals surface area (Å²) >= 11 is 0. The van der Waals surface area contributed by atoms with Crippen molar-refractivity contribution in [1.29, 1.82) is 0 Å². The first-order valence-corrected chi connectivity index (χ1v) is 9.88. The minimum absolute atomic E-state index is 0.0458. The Hall–Kier alpha value is -3.19. The first-order chi connectivity index (χ1) is 13.4. The highest BCUT2D eigenvalue weighted by atomic mass is 32.2. The first-order valence-electron chi connectivity index (χ1n) is 8.44. The second-order valence-electron chi connectivity index (χ2n) is 6.00. The summed E-state index contributed by atoms with van der Waals surface area (Å²) in [6, 6.07) is 20.1. The molecular weight excluding hydrogens is 381 g/mol. The SMILES string of the molecule is CN(c1ccccc1)S(=O)(=O)c1ccc(C(=O)OCc2ccccc2F)cc1. The molecular formula is C21H18FNO4S. The number of halogens is 1. The van der Waals surface area contributed by atoms with Gasteiger partial charge in [0.2, 0.25) is 0 Å². The van der Waals surface area contributed by atoms with Crippen molar-refractivity contribution in [3.05, 3.63) is 95.8 Å². The molecule has 0 aliphatic heterocycles. The fourth-order valence-electron chi connectivity index (χ4n) is 2.54. The molecule has 0 amide bonds. The number of benzene rings is 3. The molecule has 0 radical (unpaired) electrons. The van der Waals surface area contributed by atoms with Crippen LogP contribution in [0.1, 0.15) is 15.9 Å². The van der Waals surface area contributed by atoms with E-state index in [1.807, 2.05) is 0 Å². The van der Waals surface area contributed by atoms with Crippen LogP contribution < -0.4 is 4.31 Å². The summed E-state index contributed by atoms with van der Waals surface area (Å²) in [6.07, 6.45) is 0. The molecule has 0 aliphatic rings. The first kappa shape index (κ1) is 19.6. The minimum Gasteiger partial charge on any atom is -0.457 e. The van der Waals surface area contributed by atoms with Crippen molar-refractivity contribution in [2.24, 2.45) is 0 Å². The van der Waals surface area contributed by atoms with Gasteiger partial charge in [0, 0.05) is 12.6 Å². The molecule has 3 aromatic rings. The van der Waals surface area contributed by atoms with Gasteiger partial charge in [0.25, 0.3) is 10.0 Å².